The zero-order chi connectivity index (χ0) is 43.1. The highest BCUT2D eigenvalue weighted by molar-refractivity contribution is 8.13. The molecule has 3 heterocycles. The summed E-state index contributed by atoms with van der Waals surface area (Å²) in [5, 5.41) is 43.7. The van der Waals surface area contributed by atoms with Crippen molar-refractivity contribution in [3.63, 3.8) is 0 Å². The van der Waals surface area contributed by atoms with Crippen molar-refractivity contribution in [1.29, 1.82) is 0 Å². The Bertz CT molecular complexity index is 1920. The number of rotatable bonds is 22. The number of thioether (sulfide) groups is 1. The minimum absolute atomic E-state index is 0.0129. The molecular formula is C26H42N7O20P3S. The van der Waals surface area contributed by atoms with Gasteiger partial charge in [-0.15, -0.1) is 0 Å². The van der Waals surface area contributed by atoms with E-state index in [9.17, 15) is 67.8 Å². The van der Waals surface area contributed by atoms with Crippen LogP contribution in [0, 0.1) is 11.3 Å². The molecule has 0 radical (unpaired) electrons. The van der Waals surface area contributed by atoms with Crippen LogP contribution >= 0.6 is 35.2 Å². The van der Waals surface area contributed by atoms with E-state index >= 15 is 0 Å². The van der Waals surface area contributed by atoms with E-state index in [0.717, 1.165) is 17.2 Å². The van der Waals surface area contributed by atoms with Crippen molar-refractivity contribution >= 4 is 75.1 Å². The van der Waals surface area contributed by atoms with Crippen molar-refractivity contribution < 1.29 is 95.5 Å². The number of carbonyl (C=O) groups excluding carboxylic acids is 3. The van der Waals surface area contributed by atoms with Gasteiger partial charge in [0.1, 0.15) is 36.3 Å². The molecule has 31 heteroatoms. The first-order chi connectivity index (χ1) is 26.2. The van der Waals surface area contributed by atoms with Gasteiger partial charge < -0.3 is 61.1 Å². The highest BCUT2D eigenvalue weighted by atomic mass is 32.2. The SMILES string of the molecule is CC(C(=O)SCCNC(=O)CCNC(=O)[C@H](O)C(C)(C)COP(=O)(O)OP(=O)(O)OC[C@H]1O[C@@H](n2cnc3c(N)ncnc32)[C@H](O)[C@@H]1OP(=O)(O)O)C(O)C(=O)O. The van der Waals surface area contributed by atoms with Crippen LogP contribution in [0.4, 0.5) is 5.82 Å². The van der Waals surface area contributed by atoms with E-state index in [1.54, 1.807) is 0 Å². The standard InChI is InChI=1S/C26H42N7O20P3S/c1-12(16(35)24(39)40)25(41)57-7-6-28-14(34)4-5-29-22(38)19(37)26(2,3)9-50-56(47,48)53-55(45,46)49-8-13-18(52-54(42,43)44)17(36)23(51-13)33-11-32-15-20(27)30-10-31-21(15)33/h10-13,16-19,23,35-37H,4-9H2,1-3H3,(H,28,34)(H,29,38)(H,39,40)(H,45,46)(H,47,48)(H2,27,30,31)(H2,42,43,44)/t12?,13-,16?,17-,18-,19+,23-/m1/s1. The number of aliphatic hydroxyl groups is 3. The molecular weight excluding hydrogens is 855 g/mol. The molecule has 2 aromatic rings. The maximum atomic E-state index is 12.7. The minimum atomic E-state index is -5.60. The number of fused-ring (bicyclic) bond motifs is 1. The van der Waals surface area contributed by atoms with E-state index in [0.29, 0.717) is 11.8 Å². The van der Waals surface area contributed by atoms with Gasteiger partial charge >= 0.3 is 29.4 Å². The number of nitrogens with zero attached hydrogens (tertiary/aromatic N) is 4. The van der Waals surface area contributed by atoms with Crippen molar-refractivity contribution in [2.75, 3.05) is 37.8 Å². The second kappa shape index (κ2) is 19.8. The summed E-state index contributed by atoms with van der Waals surface area (Å²) in [5.74, 6) is -4.35. The Hall–Kier alpha value is -3.01. The largest absolute Gasteiger partial charge is 0.481 e. The quantitative estimate of drug-likeness (QED) is 0.0439. The van der Waals surface area contributed by atoms with Crippen LogP contribution < -0.4 is 16.4 Å². The second-order valence-corrected chi connectivity index (χ2v) is 18.1. The molecule has 3 rings (SSSR count). The zero-order valence-corrected chi connectivity index (χ0v) is 33.5. The van der Waals surface area contributed by atoms with Crippen molar-refractivity contribution in [3.05, 3.63) is 12.7 Å². The lowest BCUT2D eigenvalue weighted by Crippen LogP contribution is -2.46. The Labute approximate surface area is 326 Å². The van der Waals surface area contributed by atoms with Crippen LogP contribution in [0.15, 0.2) is 12.7 Å². The molecule has 322 valence electrons. The van der Waals surface area contributed by atoms with E-state index in [1.165, 1.54) is 20.8 Å². The third-order valence-electron chi connectivity index (χ3n) is 7.84. The number of phosphoric ester groups is 3. The summed E-state index contributed by atoms with van der Waals surface area (Å²) in [4.78, 5) is 98.1. The van der Waals surface area contributed by atoms with Gasteiger partial charge in [-0.05, 0) is 0 Å². The fraction of sp³-hybridized carbons (Fsp3) is 0.654. The van der Waals surface area contributed by atoms with Gasteiger partial charge in [-0.3, -0.25) is 32.5 Å². The Morgan fingerprint density at radius 1 is 1.04 bits per heavy atom. The Morgan fingerprint density at radius 3 is 2.32 bits per heavy atom. The normalized spacial score (nSPS) is 22.6. The smallest absolute Gasteiger partial charge is 0.479 e. The number of ether oxygens (including phenoxy) is 1. The Morgan fingerprint density at radius 2 is 1.68 bits per heavy atom. The van der Waals surface area contributed by atoms with Crippen LogP contribution in [0.1, 0.15) is 33.4 Å². The van der Waals surface area contributed by atoms with E-state index in [1.807, 2.05) is 0 Å². The van der Waals surface area contributed by atoms with Gasteiger partial charge in [0.25, 0.3) is 0 Å². The van der Waals surface area contributed by atoms with Gasteiger partial charge in [0, 0.05) is 30.7 Å². The molecule has 0 aromatic carbocycles. The number of aromatic nitrogens is 4. The lowest BCUT2D eigenvalue weighted by atomic mass is 9.87. The van der Waals surface area contributed by atoms with Gasteiger partial charge in [-0.25, -0.2) is 33.4 Å². The summed E-state index contributed by atoms with van der Waals surface area (Å²) in [6.45, 7) is 1.26. The van der Waals surface area contributed by atoms with E-state index in [4.69, 9.17) is 24.6 Å². The number of carboxylic acid groups (broad SMARTS) is 1. The molecule has 2 amide bonds. The molecule has 57 heavy (non-hydrogen) atoms. The molecule has 12 N–H and O–H groups in total. The number of nitrogens with two attached hydrogens (primary N) is 1. The van der Waals surface area contributed by atoms with Gasteiger partial charge in [0.2, 0.25) is 11.8 Å². The molecule has 9 atom stereocenters. The number of anilines is 1. The van der Waals surface area contributed by atoms with Crippen LogP contribution in [0.2, 0.25) is 0 Å². The van der Waals surface area contributed by atoms with Gasteiger partial charge in [0.15, 0.2) is 28.9 Å². The summed E-state index contributed by atoms with van der Waals surface area (Å²) in [7, 11) is -16.5. The molecule has 0 spiro atoms. The summed E-state index contributed by atoms with van der Waals surface area (Å²) in [5.41, 5.74) is 4.16. The topological polar surface area (TPSA) is 421 Å². The number of hydrogen-bond donors (Lipinski definition) is 11. The first kappa shape index (κ1) is 48.4. The monoisotopic (exact) mass is 897 g/mol. The lowest BCUT2D eigenvalue weighted by Gasteiger charge is -2.30. The van der Waals surface area contributed by atoms with Crippen molar-refractivity contribution in [2.45, 2.75) is 63.9 Å². The molecule has 1 aliphatic rings. The molecule has 0 saturated carbocycles. The maximum Gasteiger partial charge on any atom is 0.481 e. The second-order valence-electron chi connectivity index (χ2n) is 12.8. The average Bonchev–Trinajstić information content (AvgIpc) is 3.67. The molecule has 2 aromatic heterocycles. The molecule has 27 nitrogen and oxygen atoms in total. The zero-order valence-electron chi connectivity index (χ0n) is 30.0. The number of aliphatic carboxylic acids is 1. The van der Waals surface area contributed by atoms with Crippen LogP contribution in [0.5, 0.6) is 0 Å². The molecule has 1 aliphatic heterocycles. The maximum absolute atomic E-state index is 12.7. The molecule has 4 unspecified atom stereocenters. The Balaban J connectivity index is 1.48. The summed E-state index contributed by atoms with van der Waals surface area (Å²) >= 11 is 0.701. The first-order valence-electron chi connectivity index (χ1n) is 16.2. The van der Waals surface area contributed by atoms with Gasteiger partial charge in [-0.2, -0.15) is 4.31 Å². The highest BCUT2D eigenvalue weighted by Crippen LogP contribution is 2.61. The number of nitrogens with one attached hydrogen (secondary N) is 2. The number of hydrogen-bond acceptors (Lipinski definition) is 20. The summed E-state index contributed by atoms with van der Waals surface area (Å²) in [6, 6.07) is 0. The first-order valence-corrected chi connectivity index (χ1v) is 21.7. The van der Waals surface area contributed by atoms with E-state index in [2.05, 4.69) is 34.4 Å². The predicted molar refractivity (Wildman–Crippen MR) is 190 cm³/mol. The minimum Gasteiger partial charge on any atom is -0.479 e. The number of amides is 2. The Kier molecular flexibility index (Phi) is 16.8. The molecule has 0 aliphatic carbocycles. The van der Waals surface area contributed by atoms with Crippen LogP contribution in [-0.4, -0.2) is 145 Å². The summed E-state index contributed by atoms with van der Waals surface area (Å²) < 4.78 is 61.9. The number of carboxylic acids is 1. The van der Waals surface area contributed by atoms with E-state index in [-0.39, 0.29) is 42.2 Å². The number of imidazole rings is 1. The van der Waals surface area contributed by atoms with Crippen molar-refractivity contribution in [2.24, 2.45) is 11.3 Å². The van der Waals surface area contributed by atoms with E-state index < -0.39 is 108 Å². The third-order valence-corrected chi connectivity index (χ3v) is 12.0. The molecule has 0 bridgehead atoms. The fourth-order valence-corrected chi connectivity index (χ4v) is 8.38. The van der Waals surface area contributed by atoms with Crippen molar-refractivity contribution in [1.82, 2.24) is 30.2 Å². The van der Waals surface area contributed by atoms with Crippen LogP contribution in [0.3, 0.4) is 0 Å². The summed E-state index contributed by atoms with van der Waals surface area (Å²) in [6.07, 6.45) is -9.08. The fourth-order valence-electron chi connectivity index (χ4n) is 4.76. The van der Waals surface area contributed by atoms with Gasteiger partial charge in [0.05, 0.1) is 25.5 Å². The molecule has 1 saturated heterocycles. The van der Waals surface area contributed by atoms with Gasteiger partial charge in [-0.1, -0.05) is 32.5 Å². The van der Waals surface area contributed by atoms with Crippen LogP contribution in [0.25, 0.3) is 11.2 Å². The average molecular weight is 898 g/mol. The van der Waals surface area contributed by atoms with Crippen molar-refractivity contribution in [3.8, 4) is 0 Å². The highest BCUT2D eigenvalue weighted by Gasteiger charge is 2.50. The number of carbonyl (C=O) groups is 4. The number of phosphoric acid groups is 3. The number of aliphatic hydroxyl groups excluding tert-OH is 3. The third kappa shape index (κ3) is 14.1. The molecule has 1 fully saturated rings. The lowest BCUT2D eigenvalue weighted by molar-refractivity contribution is -0.151. The van der Waals surface area contributed by atoms with Crippen LogP contribution in [-0.2, 0) is 55.5 Å². The predicted octanol–water partition coefficient (Wildman–Crippen LogP) is -2.25. The number of nitrogen functional groups attached to an aromatic ring is 1.